The van der Waals surface area contributed by atoms with Crippen molar-refractivity contribution in [1.29, 1.82) is 0 Å². The SMILES string of the molecule is CCNC(c1cccnc1)C1C2C3CCC(C3)C21. The Bertz CT molecular complexity index is 414. The fourth-order valence-electron chi connectivity index (χ4n) is 5.09. The van der Waals surface area contributed by atoms with Crippen molar-refractivity contribution in [2.45, 2.75) is 32.2 Å². The van der Waals surface area contributed by atoms with E-state index in [0.29, 0.717) is 6.04 Å². The smallest absolute Gasteiger partial charge is 0.0369 e. The molecule has 1 heterocycles. The second-order valence-corrected chi connectivity index (χ2v) is 6.39. The Morgan fingerprint density at radius 2 is 2.11 bits per heavy atom. The zero-order valence-corrected chi connectivity index (χ0v) is 11.0. The molecule has 2 nitrogen and oxygen atoms in total. The number of aromatic nitrogens is 1. The number of rotatable bonds is 4. The topological polar surface area (TPSA) is 24.9 Å². The van der Waals surface area contributed by atoms with Crippen molar-refractivity contribution >= 4 is 0 Å². The van der Waals surface area contributed by atoms with E-state index >= 15 is 0 Å². The molecule has 0 spiro atoms. The maximum atomic E-state index is 4.31. The fraction of sp³-hybridized carbons (Fsp3) is 0.688. The van der Waals surface area contributed by atoms with Crippen LogP contribution in [-0.4, -0.2) is 11.5 Å². The van der Waals surface area contributed by atoms with Crippen molar-refractivity contribution in [1.82, 2.24) is 10.3 Å². The van der Waals surface area contributed by atoms with Gasteiger partial charge in [-0.05, 0) is 67.0 Å². The molecule has 96 valence electrons. The number of pyridine rings is 1. The largest absolute Gasteiger partial charge is 0.310 e. The van der Waals surface area contributed by atoms with Gasteiger partial charge >= 0.3 is 0 Å². The van der Waals surface area contributed by atoms with Crippen LogP contribution in [0, 0.1) is 29.6 Å². The zero-order valence-electron chi connectivity index (χ0n) is 11.0. The van der Waals surface area contributed by atoms with Gasteiger partial charge in [-0.3, -0.25) is 4.98 Å². The van der Waals surface area contributed by atoms with Crippen LogP contribution in [0.2, 0.25) is 0 Å². The molecular formula is C16H22N2. The van der Waals surface area contributed by atoms with E-state index in [1.807, 2.05) is 6.20 Å². The van der Waals surface area contributed by atoms with Gasteiger partial charge in [0.15, 0.2) is 0 Å². The van der Waals surface area contributed by atoms with Crippen molar-refractivity contribution in [3.63, 3.8) is 0 Å². The Labute approximate surface area is 109 Å². The molecule has 5 unspecified atom stereocenters. The normalized spacial score (nSPS) is 41.7. The molecule has 1 aromatic rings. The van der Waals surface area contributed by atoms with E-state index in [9.17, 15) is 0 Å². The predicted octanol–water partition coefficient (Wildman–Crippen LogP) is 3.02. The van der Waals surface area contributed by atoms with Crippen LogP contribution in [-0.2, 0) is 0 Å². The third-order valence-electron chi connectivity index (χ3n) is 5.65. The van der Waals surface area contributed by atoms with E-state index in [1.165, 1.54) is 24.8 Å². The van der Waals surface area contributed by atoms with Gasteiger partial charge < -0.3 is 5.32 Å². The first-order valence-electron chi connectivity index (χ1n) is 7.53. The average molecular weight is 242 g/mol. The maximum Gasteiger partial charge on any atom is 0.0369 e. The highest BCUT2D eigenvalue weighted by molar-refractivity contribution is 5.24. The van der Waals surface area contributed by atoms with Crippen LogP contribution in [0.4, 0.5) is 0 Å². The van der Waals surface area contributed by atoms with Gasteiger partial charge in [0.25, 0.3) is 0 Å². The van der Waals surface area contributed by atoms with Gasteiger partial charge in [0.2, 0.25) is 0 Å². The molecule has 2 bridgehead atoms. The molecule has 0 radical (unpaired) electrons. The Kier molecular flexibility index (Phi) is 2.47. The van der Waals surface area contributed by atoms with E-state index in [-0.39, 0.29) is 0 Å². The van der Waals surface area contributed by atoms with Crippen LogP contribution in [0.15, 0.2) is 24.5 Å². The molecule has 0 aromatic carbocycles. The Morgan fingerprint density at radius 1 is 1.33 bits per heavy atom. The van der Waals surface area contributed by atoms with Crippen molar-refractivity contribution in [2.24, 2.45) is 29.6 Å². The van der Waals surface area contributed by atoms with Gasteiger partial charge in [-0.15, -0.1) is 0 Å². The predicted molar refractivity (Wildman–Crippen MR) is 72.0 cm³/mol. The van der Waals surface area contributed by atoms with E-state index < -0.39 is 0 Å². The Morgan fingerprint density at radius 3 is 2.72 bits per heavy atom. The third-order valence-corrected chi connectivity index (χ3v) is 5.65. The molecule has 4 rings (SSSR count). The fourth-order valence-corrected chi connectivity index (χ4v) is 5.09. The molecule has 3 fully saturated rings. The van der Waals surface area contributed by atoms with E-state index in [4.69, 9.17) is 0 Å². The maximum absolute atomic E-state index is 4.31. The minimum atomic E-state index is 0.557. The third kappa shape index (κ3) is 1.48. The van der Waals surface area contributed by atoms with Crippen LogP contribution in [0.25, 0.3) is 0 Å². The van der Waals surface area contributed by atoms with Crippen molar-refractivity contribution in [2.75, 3.05) is 6.54 Å². The lowest BCUT2D eigenvalue weighted by Crippen LogP contribution is -2.25. The van der Waals surface area contributed by atoms with Gasteiger partial charge in [-0.2, -0.15) is 0 Å². The Balaban J connectivity index is 1.58. The van der Waals surface area contributed by atoms with Crippen LogP contribution in [0.5, 0.6) is 0 Å². The second-order valence-electron chi connectivity index (χ2n) is 6.39. The lowest BCUT2D eigenvalue weighted by Gasteiger charge is -2.21. The van der Waals surface area contributed by atoms with Gasteiger partial charge in [0.05, 0.1) is 0 Å². The molecule has 0 amide bonds. The molecule has 1 N–H and O–H groups in total. The number of hydrogen-bond donors (Lipinski definition) is 1. The molecule has 3 saturated carbocycles. The monoisotopic (exact) mass is 242 g/mol. The van der Waals surface area contributed by atoms with E-state index in [0.717, 1.165) is 36.1 Å². The lowest BCUT2D eigenvalue weighted by atomic mass is 9.93. The van der Waals surface area contributed by atoms with Crippen molar-refractivity contribution in [3.8, 4) is 0 Å². The zero-order chi connectivity index (χ0) is 12.1. The number of nitrogens with one attached hydrogen (secondary N) is 1. The Hall–Kier alpha value is -0.890. The standard InChI is InChI=1S/C16H22N2/c1-2-18-16(12-4-3-7-17-9-12)15-13-10-5-6-11(8-10)14(13)15/h3-4,7,9-11,13-16,18H,2,5-6,8H2,1H3. The summed E-state index contributed by atoms with van der Waals surface area (Å²) in [6.45, 7) is 3.28. The summed E-state index contributed by atoms with van der Waals surface area (Å²) in [5, 5.41) is 3.72. The van der Waals surface area contributed by atoms with Crippen molar-refractivity contribution in [3.05, 3.63) is 30.1 Å². The van der Waals surface area contributed by atoms with Gasteiger partial charge in [0, 0.05) is 18.4 Å². The molecule has 18 heavy (non-hydrogen) atoms. The van der Waals surface area contributed by atoms with E-state index in [1.54, 1.807) is 0 Å². The molecular weight excluding hydrogens is 220 g/mol. The highest BCUT2D eigenvalue weighted by atomic mass is 14.9. The summed E-state index contributed by atoms with van der Waals surface area (Å²) < 4.78 is 0. The molecule has 1 aromatic heterocycles. The van der Waals surface area contributed by atoms with Gasteiger partial charge in [-0.25, -0.2) is 0 Å². The first-order valence-corrected chi connectivity index (χ1v) is 7.53. The molecule has 0 saturated heterocycles. The first kappa shape index (κ1) is 11.0. The minimum absolute atomic E-state index is 0.557. The lowest BCUT2D eigenvalue weighted by molar-refractivity contribution is 0.374. The van der Waals surface area contributed by atoms with Gasteiger partial charge in [-0.1, -0.05) is 13.0 Å². The molecule has 0 aliphatic heterocycles. The quantitative estimate of drug-likeness (QED) is 0.878. The van der Waals surface area contributed by atoms with Crippen LogP contribution < -0.4 is 5.32 Å². The van der Waals surface area contributed by atoms with Crippen LogP contribution in [0.3, 0.4) is 0 Å². The number of nitrogens with zero attached hydrogens (tertiary/aromatic N) is 1. The average Bonchev–Trinajstić information content (AvgIpc) is 2.83. The highest BCUT2D eigenvalue weighted by Crippen LogP contribution is 2.72. The molecule has 2 heteroatoms. The van der Waals surface area contributed by atoms with Crippen molar-refractivity contribution < 1.29 is 0 Å². The van der Waals surface area contributed by atoms with E-state index in [2.05, 4.69) is 35.6 Å². The number of fused-ring (bicyclic) bond motifs is 5. The summed E-state index contributed by atoms with van der Waals surface area (Å²) in [5.74, 6) is 5.09. The molecule has 3 aliphatic carbocycles. The second kappa shape index (κ2) is 4.06. The number of hydrogen-bond acceptors (Lipinski definition) is 2. The molecule has 5 atom stereocenters. The van der Waals surface area contributed by atoms with Gasteiger partial charge in [0.1, 0.15) is 0 Å². The minimum Gasteiger partial charge on any atom is -0.310 e. The first-order chi connectivity index (χ1) is 8.90. The summed E-state index contributed by atoms with van der Waals surface area (Å²) in [7, 11) is 0. The summed E-state index contributed by atoms with van der Waals surface area (Å²) >= 11 is 0. The van der Waals surface area contributed by atoms with Crippen LogP contribution in [0.1, 0.15) is 37.8 Å². The summed E-state index contributed by atoms with van der Waals surface area (Å²) in [5.41, 5.74) is 1.40. The summed E-state index contributed by atoms with van der Waals surface area (Å²) in [6, 6.07) is 4.88. The summed E-state index contributed by atoms with van der Waals surface area (Å²) in [4.78, 5) is 4.31. The summed E-state index contributed by atoms with van der Waals surface area (Å²) in [6.07, 6.45) is 8.49. The highest BCUT2D eigenvalue weighted by Gasteiger charge is 2.66. The van der Waals surface area contributed by atoms with Crippen LogP contribution >= 0.6 is 0 Å². The molecule has 3 aliphatic rings.